The molecule has 4 N–H and O–H groups in total. The third-order valence-electron chi connectivity index (χ3n) is 4.56. The van der Waals surface area contributed by atoms with E-state index < -0.39 is 0 Å². The van der Waals surface area contributed by atoms with Crippen LogP contribution >= 0.6 is 11.3 Å². The van der Waals surface area contributed by atoms with Crippen molar-refractivity contribution >= 4 is 33.3 Å². The Balaban J connectivity index is 0.000000555. The number of H-pyrrole nitrogens is 1. The number of carbonyl (C=O) groups is 1. The predicted molar refractivity (Wildman–Crippen MR) is 130 cm³/mol. The highest BCUT2D eigenvalue weighted by atomic mass is 32.1. The number of anilines is 1. The SMILES string of the molecule is CCOCC.Nc1nc(-c2ccccn2)nc2scc(C(=O)NCCc3ccc(=O)[nH]c3)c12. The van der Waals surface area contributed by atoms with Crippen molar-refractivity contribution in [3.63, 3.8) is 0 Å². The first-order valence-corrected chi connectivity index (χ1v) is 11.4. The van der Waals surface area contributed by atoms with Gasteiger partial charge in [-0.15, -0.1) is 11.3 Å². The number of rotatable bonds is 7. The summed E-state index contributed by atoms with van der Waals surface area (Å²) in [5, 5.41) is 5.14. The molecule has 0 saturated carbocycles. The number of nitrogens with two attached hydrogens (primary N) is 1. The molecule has 0 aliphatic carbocycles. The Hall–Kier alpha value is -3.63. The summed E-state index contributed by atoms with van der Waals surface area (Å²) in [4.78, 5) is 40.0. The van der Waals surface area contributed by atoms with E-state index in [0.717, 1.165) is 18.8 Å². The minimum Gasteiger partial charge on any atom is -0.383 e. The van der Waals surface area contributed by atoms with Gasteiger partial charge in [0.15, 0.2) is 5.82 Å². The molecule has 0 aliphatic rings. The maximum atomic E-state index is 12.6. The van der Waals surface area contributed by atoms with Crippen LogP contribution in [0.5, 0.6) is 0 Å². The molecular weight excluding hydrogens is 440 g/mol. The van der Waals surface area contributed by atoms with Crippen molar-refractivity contribution in [3.8, 4) is 11.5 Å². The van der Waals surface area contributed by atoms with Gasteiger partial charge in [-0.05, 0) is 38.0 Å². The monoisotopic (exact) mass is 466 g/mol. The van der Waals surface area contributed by atoms with Crippen LogP contribution in [0.4, 0.5) is 5.82 Å². The van der Waals surface area contributed by atoms with Crippen LogP contribution in [0.25, 0.3) is 21.7 Å². The number of amides is 1. The van der Waals surface area contributed by atoms with E-state index in [-0.39, 0.29) is 17.3 Å². The Morgan fingerprint density at radius 2 is 2.00 bits per heavy atom. The molecule has 33 heavy (non-hydrogen) atoms. The number of pyridine rings is 2. The van der Waals surface area contributed by atoms with Crippen LogP contribution in [0.2, 0.25) is 0 Å². The largest absolute Gasteiger partial charge is 0.383 e. The minimum absolute atomic E-state index is 0.155. The summed E-state index contributed by atoms with van der Waals surface area (Å²) in [6.45, 7) is 6.09. The zero-order valence-electron chi connectivity index (χ0n) is 18.5. The van der Waals surface area contributed by atoms with Gasteiger partial charge < -0.3 is 20.8 Å². The van der Waals surface area contributed by atoms with Crippen molar-refractivity contribution in [2.45, 2.75) is 20.3 Å². The Kier molecular flexibility index (Phi) is 8.62. The molecule has 4 heterocycles. The molecule has 0 spiro atoms. The fraction of sp³-hybridized carbons (Fsp3) is 0.261. The van der Waals surface area contributed by atoms with Gasteiger partial charge in [-0.3, -0.25) is 14.6 Å². The number of nitrogens with zero attached hydrogens (tertiary/aromatic N) is 3. The second-order valence-corrected chi connectivity index (χ2v) is 7.68. The van der Waals surface area contributed by atoms with Gasteiger partial charge in [0.1, 0.15) is 16.3 Å². The number of aromatic amines is 1. The van der Waals surface area contributed by atoms with Gasteiger partial charge in [-0.25, -0.2) is 9.97 Å². The van der Waals surface area contributed by atoms with E-state index in [1.807, 2.05) is 26.0 Å². The first kappa shape index (κ1) is 24.0. The van der Waals surface area contributed by atoms with E-state index in [1.54, 1.807) is 29.9 Å². The molecular formula is C23H26N6O3S. The molecule has 0 atom stereocenters. The second-order valence-electron chi connectivity index (χ2n) is 6.83. The Morgan fingerprint density at radius 1 is 1.18 bits per heavy atom. The minimum atomic E-state index is -0.239. The number of thiophene rings is 1. The number of nitrogens with one attached hydrogen (secondary N) is 2. The zero-order chi connectivity index (χ0) is 23.6. The molecule has 0 bridgehead atoms. The summed E-state index contributed by atoms with van der Waals surface area (Å²) in [7, 11) is 0. The lowest BCUT2D eigenvalue weighted by Crippen LogP contribution is -2.25. The molecule has 0 aliphatic heterocycles. The van der Waals surface area contributed by atoms with Gasteiger partial charge in [-0.2, -0.15) is 0 Å². The quantitative estimate of drug-likeness (QED) is 0.381. The topological polar surface area (TPSA) is 136 Å². The Bertz CT molecular complexity index is 1230. The predicted octanol–water partition coefficient (Wildman–Crippen LogP) is 3.04. The number of fused-ring (bicyclic) bond motifs is 1. The fourth-order valence-corrected chi connectivity index (χ4v) is 3.89. The highest BCUT2D eigenvalue weighted by Gasteiger charge is 2.18. The van der Waals surface area contributed by atoms with Gasteiger partial charge in [-0.1, -0.05) is 12.1 Å². The molecule has 4 aromatic heterocycles. The van der Waals surface area contributed by atoms with Crippen molar-refractivity contribution in [1.82, 2.24) is 25.3 Å². The summed E-state index contributed by atoms with van der Waals surface area (Å²) in [6, 6.07) is 8.66. The molecule has 4 rings (SSSR count). The van der Waals surface area contributed by atoms with E-state index in [0.29, 0.717) is 40.3 Å². The highest BCUT2D eigenvalue weighted by molar-refractivity contribution is 7.17. The maximum absolute atomic E-state index is 12.6. The van der Waals surface area contributed by atoms with Crippen LogP contribution in [-0.4, -0.2) is 45.6 Å². The molecule has 0 radical (unpaired) electrons. The molecule has 9 nitrogen and oxygen atoms in total. The zero-order valence-corrected chi connectivity index (χ0v) is 19.3. The van der Waals surface area contributed by atoms with Crippen molar-refractivity contribution in [3.05, 3.63) is 69.6 Å². The average Bonchev–Trinajstić information content (AvgIpc) is 3.27. The molecule has 1 amide bonds. The lowest BCUT2D eigenvalue weighted by molar-refractivity contribution is 0.0956. The second kappa shape index (κ2) is 11.8. The summed E-state index contributed by atoms with van der Waals surface area (Å²) in [5.41, 5.74) is 7.97. The average molecular weight is 467 g/mol. The maximum Gasteiger partial charge on any atom is 0.252 e. The van der Waals surface area contributed by atoms with E-state index in [9.17, 15) is 9.59 Å². The normalized spacial score (nSPS) is 10.5. The molecule has 4 aromatic rings. The van der Waals surface area contributed by atoms with E-state index in [4.69, 9.17) is 10.5 Å². The lowest BCUT2D eigenvalue weighted by Gasteiger charge is -2.06. The Labute approximate surface area is 195 Å². The van der Waals surface area contributed by atoms with Gasteiger partial charge in [0.2, 0.25) is 5.56 Å². The first-order valence-electron chi connectivity index (χ1n) is 10.5. The number of nitrogen functional groups attached to an aromatic ring is 1. The Morgan fingerprint density at radius 3 is 2.64 bits per heavy atom. The van der Waals surface area contributed by atoms with E-state index in [2.05, 4.69) is 25.3 Å². The fourth-order valence-electron chi connectivity index (χ4n) is 2.96. The van der Waals surface area contributed by atoms with Crippen LogP contribution in [0.1, 0.15) is 29.8 Å². The molecule has 0 fully saturated rings. The number of carbonyl (C=O) groups excluding carboxylic acids is 1. The number of hydrogen-bond donors (Lipinski definition) is 3. The van der Waals surface area contributed by atoms with Crippen molar-refractivity contribution in [2.24, 2.45) is 0 Å². The molecule has 172 valence electrons. The van der Waals surface area contributed by atoms with Crippen molar-refractivity contribution in [1.29, 1.82) is 0 Å². The number of ether oxygens (including phenoxy) is 1. The standard InChI is InChI=1S/C19H16N6O2S.C4H10O/c20-16-15-12(18(27)22-8-6-11-4-5-14(26)23-9-11)10-28-19(15)25-17(24-16)13-3-1-2-7-21-13;1-3-5-4-2/h1-5,7,9-10H,6,8H2,(H,22,27)(H,23,26)(H2,20,24,25);3-4H2,1-2H3. The lowest BCUT2D eigenvalue weighted by atomic mass is 10.2. The van der Waals surface area contributed by atoms with Gasteiger partial charge in [0.25, 0.3) is 5.91 Å². The first-order chi connectivity index (χ1) is 16.0. The van der Waals surface area contributed by atoms with E-state index in [1.165, 1.54) is 17.4 Å². The van der Waals surface area contributed by atoms with Crippen LogP contribution in [0.15, 0.2) is 52.9 Å². The molecule has 0 unspecified atom stereocenters. The highest BCUT2D eigenvalue weighted by Crippen LogP contribution is 2.30. The summed E-state index contributed by atoms with van der Waals surface area (Å²) < 4.78 is 4.83. The van der Waals surface area contributed by atoms with Crippen molar-refractivity contribution < 1.29 is 9.53 Å². The van der Waals surface area contributed by atoms with Gasteiger partial charge in [0.05, 0.1) is 10.9 Å². The third kappa shape index (κ3) is 6.43. The molecule has 10 heteroatoms. The molecule has 0 aromatic carbocycles. The number of hydrogen-bond acceptors (Lipinski definition) is 8. The molecule has 0 saturated heterocycles. The van der Waals surface area contributed by atoms with Crippen LogP contribution in [0, 0.1) is 0 Å². The summed E-state index contributed by atoms with van der Waals surface area (Å²) >= 11 is 1.34. The van der Waals surface area contributed by atoms with E-state index >= 15 is 0 Å². The van der Waals surface area contributed by atoms with Crippen LogP contribution in [0.3, 0.4) is 0 Å². The van der Waals surface area contributed by atoms with Crippen LogP contribution in [-0.2, 0) is 11.2 Å². The third-order valence-corrected chi connectivity index (χ3v) is 5.43. The van der Waals surface area contributed by atoms with Crippen LogP contribution < -0.4 is 16.6 Å². The smallest absolute Gasteiger partial charge is 0.252 e. The summed E-state index contributed by atoms with van der Waals surface area (Å²) in [5.74, 6) is 0.437. The summed E-state index contributed by atoms with van der Waals surface area (Å²) in [6.07, 6.45) is 3.90. The number of aromatic nitrogens is 4. The van der Waals surface area contributed by atoms with Gasteiger partial charge in [0, 0.05) is 43.6 Å². The van der Waals surface area contributed by atoms with Crippen molar-refractivity contribution in [2.75, 3.05) is 25.5 Å². The van der Waals surface area contributed by atoms with Gasteiger partial charge >= 0.3 is 0 Å².